The maximum Gasteiger partial charge on any atom is 0.452 e. The van der Waals surface area contributed by atoms with Crippen molar-refractivity contribution in [3.8, 4) is 0 Å². The fourth-order valence-electron chi connectivity index (χ4n) is 4.50. The number of H-pyrrole nitrogens is 1. The Morgan fingerprint density at radius 3 is 2.36 bits per heavy atom. The van der Waals surface area contributed by atoms with Gasteiger partial charge in [0.1, 0.15) is 18.7 Å². The van der Waals surface area contributed by atoms with Crippen LogP contribution in [0.5, 0.6) is 0 Å². The summed E-state index contributed by atoms with van der Waals surface area (Å²) in [4.78, 5) is 57.0. The number of halogens is 3. The van der Waals surface area contributed by atoms with E-state index in [1.807, 2.05) is 0 Å². The normalized spacial score (nSPS) is 14.4. The van der Waals surface area contributed by atoms with Crippen LogP contribution in [0.4, 0.5) is 13.2 Å². The molecule has 222 valence electrons. The average molecular weight is 586 g/mol. The number of nitrogens with zero attached hydrogens (tertiary/aromatic N) is 1. The fraction of sp³-hybridized carbons (Fsp3) is 0.345. The van der Waals surface area contributed by atoms with Gasteiger partial charge in [-0.1, -0.05) is 37.3 Å². The predicted octanol–water partition coefficient (Wildman–Crippen LogP) is 2.36. The number of ketones is 1. The minimum Gasteiger partial charge on any atom is -0.476 e. The van der Waals surface area contributed by atoms with Crippen LogP contribution in [-0.4, -0.2) is 72.3 Å². The summed E-state index contributed by atoms with van der Waals surface area (Å²) in [5.41, 5.74) is 2.55. The van der Waals surface area contributed by atoms with Gasteiger partial charge in [0.25, 0.3) is 5.78 Å². The van der Waals surface area contributed by atoms with E-state index in [-0.39, 0.29) is 12.8 Å². The number of ether oxygens (including phenoxy) is 1. The van der Waals surface area contributed by atoms with E-state index >= 15 is 0 Å². The lowest BCUT2D eigenvalue weighted by molar-refractivity contribution is -0.173. The van der Waals surface area contributed by atoms with Gasteiger partial charge in [-0.15, -0.1) is 0 Å². The summed E-state index contributed by atoms with van der Waals surface area (Å²) in [5.74, 6) is -3.70. The van der Waals surface area contributed by atoms with Gasteiger partial charge in [-0.05, 0) is 29.3 Å². The number of alkyl halides is 3. The Hall–Kier alpha value is -4.68. The number of carbonyl (C=O) groups excluding carboxylic acids is 4. The lowest BCUT2D eigenvalue weighted by Gasteiger charge is -2.21. The third-order valence-electron chi connectivity index (χ3n) is 6.65. The van der Waals surface area contributed by atoms with Crippen molar-refractivity contribution in [2.24, 2.45) is 4.99 Å². The van der Waals surface area contributed by atoms with Gasteiger partial charge in [0.05, 0.1) is 13.1 Å². The molecule has 0 bridgehead atoms. The van der Waals surface area contributed by atoms with E-state index in [0.717, 1.165) is 5.56 Å². The van der Waals surface area contributed by atoms with Gasteiger partial charge in [0.2, 0.25) is 23.6 Å². The van der Waals surface area contributed by atoms with Gasteiger partial charge >= 0.3 is 6.18 Å². The molecule has 0 saturated carbocycles. The molecule has 1 aromatic heterocycles. The number of amides is 3. The Balaban J connectivity index is 1.40. The number of para-hydroxylation sites is 1. The molecule has 13 heteroatoms. The second kappa shape index (κ2) is 13.3. The van der Waals surface area contributed by atoms with Gasteiger partial charge in [-0.25, -0.2) is 4.99 Å². The Morgan fingerprint density at radius 1 is 0.976 bits per heavy atom. The summed E-state index contributed by atoms with van der Waals surface area (Å²) in [6.45, 7) is 1.98. The second-order valence-corrected chi connectivity index (χ2v) is 9.67. The highest BCUT2D eigenvalue weighted by atomic mass is 19.4. The quantitative estimate of drug-likeness (QED) is 0.258. The minimum atomic E-state index is -5.19. The second-order valence-electron chi connectivity index (χ2n) is 9.67. The van der Waals surface area contributed by atoms with E-state index in [2.05, 4.69) is 25.9 Å². The van der Waals surface area contributed by atoms with Crippen LogP contribution in [0.1, 0.15) is 30.0 Å². The Kier molecular flexibility index (Phi) is 9.60. The largest absolute Gasteiger partial charge is 0.476 e. The summed E-state index contributed by atoms with van der Waals surface area (Å²) in [7, 11) is 0. The van der Waals surface area contributed by atoms with Crippen LogP contribution >= 0.6 is 0 Å². The number of nitrogens with one attached hydrogen (secondary N) is 4. The molecule has 0 aliphatic carbocycles. The Morgan fingerprint density at radius 2 is 1.69 bits per heavy atom. The number of aliphatic imine (C=N–C) groups is 1. The topological polar surface area (TPSA) is 142 Å². The van der Waals surface area contributed by atoms with Gasteiger partial charge in [-0.3, -0.25) is 19.2 Å². The summed E-state index contributed by atoms with van der Waals surface area (Å²) in [6.07, 6.45) is -3.92. The van der Waals surface area contributed by atoms with Gasteiger partial charge in [-0.2, -0.15) is 13.2 Å². The lowest BCUT2D eigenvalue weighted by atomic mass is 10.0. The maximum absolute atomic E-state index is 13.4. The number of Topliss-reactive ketones (excluding diaryl/α,β-unsaturated/α-hetero) is 1. The molecule has 1 aliphatic rings. The van der Waals surface area contributed by atoms with E-state index < -0.39 is 54.7 Å². The third kappa shape index (κ3) is 7.74. The molecule has 42 heavy (non-hydrogen) atoms. The molecule has 4 rings (SSSR count). The van der Waals surface area contributed by atoms with Crippen molar-refractivity contribution in [2.45, 2.75) is 44.4 Å². The van der Waals surface area contributed by atoms with Crippen LogP contribution in [0.25, 0.3) is 10.9 Å². The summed E-state index contributed by atoms with van der Waals surface area (Å²) < 4.78 is 45.5. The van der Waals surface area contributed by atoms with Crippen molar-refractivity contribution < 1.29 is 37.1 Å². The molecule has 0 radical (unpaired) electrons. The summed E-state index contributed by atoms with van der Waals surface area (Å²) >= 11 is 0. The Labute approximate surface area is 239 Å². The molecule has 2 atom stereocenters. The maximum atomic E-state index is 13.4. The highest BCUT2D eigenvalue weighted by molar-refractivity contribution is 5.96. The SMILES string of the molecule is CCC(=O)NC(Cc1ccc(C2=NCCO2)cc1)C(=O)NCC(=O)NC(Cc1c[nH]c2ccccc12)C(=O)C(F)(F)F. The smallest absolute Gasteiger partial charge is 0.452 e. The number of hydrogen-bond acceptors (Lipinski definition) is 6. The molecular weight excluding hydrogens is 555 g/mol. The first kappa shape index (κ1) is 30.3. The number of benzene rings is 2. The molecule has 0 saturated heterocycles. The first-order valence-electron chi connectivity index (χ1n) is 13.3. The van der Waals surface area contributed by atoms with E-state index in [9.17, 15) is 32.3 Å². The van der Waals surface area contributed by atoms with Crippen LogP contribution < -0.4 is 16.0 Å². The summed E-state index contributed by atoms with van der Waals surface area (Å²) in [6, 6.07) is 11.0. The van der Waals surface area contributed by atoms with Crippen LogP contribution in [0.3, 0.4) is 0 Å². The van der Waals surface area contributed by atoms with E-state index in [4.69, 9.17) is 4.74 Å². The van der Waals surface area contributed by atoms with E-state index in [0.29, 0.717) is 41.1 Å². The average Bonchev–Trinajstić information content (AvgIpc) is 3.65. The number of aromatic amines is 1. The highest BCUT2D eigenvalue weighted by Gasteiger charge is 2.44. The van der Waals surface area contributed by atoms with Crippen LogP contribution in [0.15, 0.2) is 59.7 Å². The number of carbonyl (C=O) groups is 4. The van der Waals surface area contributed by atoms with Crippen molar-refractivity contribution in [1.29, 1.82) is 0 Å². The molecule has 3 aromatic rings. The molecule has 10 nitrogen and oxygen atoms in total. The van der Waals surface area contributed by atoms with Crippen molar-refractivity contribution in [3.05, 3.63) is 71.4 Å². The molecule has 4 N–H and O–H groups in total. The molecule has 2 aromatic carbocycles. The predicted molar refractivity (Wildman–Crippen MR) is 148 cm³/mol. The van der Waals surface area contributed by atoms with Crippen LogP contribution in [0, 0.1) is 0 Å². The monoisotopic (exact) mass is 585 g/mol. The Bertz CT molecular complexity index is 1480. The highest BCUT2D eigenvalue weighted by Crippen LogP contribution is 2.23. The number of aromatic nitrogens is 1. The number of hydrogen-bond donors (Lipinski definition) is 4. The van der Waals surface area contributed by atoms with Crippen molar-refractivity contribution in [3.63, 3.8) is 0 Å². The van der Waals surface area contributed by atoms with Gasteiger partial charge in [0.15, 0.2) is 0 Å². The van der Waals surface area contributed by atoms with Crippen molar-refractivity contribution in [2.75, 3.05) is 19.7 Å². The first-order chi connectivity index (χ1) is 20.0. The molecule has 2 heterocycles. The van der Waals surface area contributed by atoms with Crippen molar-refractivity contribution in [1.82, 2.24) is 20.9 Å². The molecule has 3 amide bonds. The van der Waals surface area contributed by atoms with Gasteiger partial charge < -0.3 is 25.7 Å². The van der Waals surface area contributed by atoms with Gasteiger partial charge in [0, 0.05) is 41.9 Å². The first-order valence-corrected chi connectivity index (χ1v) is 13.3. The minimum absolute atomic E-state index is 0.0859. The zero-order valence-electron chi connectivity index (χ0n) is 22.7. The third-order valence-corrected chi connectivity index (χ3v) is 6.65. The molecular formula is C29H30F3N5O5. The van der Waals surface area contributed by atoms with Crippen LogP contribution in [0.2, 0.25) is 0 Å². The summed E-state index contributed by atoms with van der Waals surface area (Å²) in [5, 5.41) is 7.68. The van der Waals surface area contributed by atoms with E-state index in [1.165, 1.54) is 6.20 Å². The fourth-order valence-corrected chi connectivity index (χ4v) is 4.50. The molecule has 0 spiro atoms. The standard InChI is InChI=1S/C29H30F3N5O5/c1-2-24(38)37-23(13-17-7-9-18(10-8-17)28-33-11-12-42-28)27(41)35-16-25(39)36-22(26(40)29(30,31)32)14-19-15-34-21-6-4-3-5-20(19)21/h3-10,15,22-23,34H,2,11-14,16H2,1H3,(H,35,41)(H,36,39)(H,37,38). The van der Waals surface area contributed by atoms with Crippen molar-refractivity contribution >= 4 is 40.3 Å². The van der Waals surface area contributed by atoms with Crippen LogP contribution in [-0.2, 0) is 36.8 Å². The molecule has 2 unspecified atom stereocenters. The number of fused-ring (bicyclic) bond motifs is 1. The lowest BCUT2D eigenvalue weighted by Crippen LogP contribution is -2.53. The zero-order chi connectivity index (χ0) is 30.3. The number of rotatable bonds is 12. The molecule has 0 fully saturated rings. The van der Waals surface area contributed by atoms with E-state index in [1.54, 1.807) is 55.5 Å². The zero-order valence-corrected chi connectivity index (χ0v) is 22.7. The molecule has 1 aliphatic heterocycles.